The lowest BCUT2D eigenvalue weighted by atomic mass is 10.2. The lowest BCUT2D eigenvalue weighted by Crippen LogP contribution is -2.37. The number of nitrogens with one attached hydrogen (secondary N) is 1. The van der Waals surface area contributed by atoms with E-state index in [4.69, 9.17) is 16.7 Å². The largest absolute Gasteiger partial charge is 0.394 e. The predicted molar refractivity (Wildman–Crippen MR) is 57.9 cm³/mol. The van der Waals surface area contributed by atoms with Crippen LogP contribution in [-0.2, 0) is 0 Å². The maximum absolute atomic E-state index is 11.6. The van der Waals surface area contributed by atoms with Gasteiger partial charge in [-0.3, -0.25) is 4.79 Å². The fourth-order valence-electron chi connectivity index (χ4n) is 1.10. The van der Waals surface area contributed by atoms with E-state index in [1.165, 1.54) is 6.20 Å². The van der Waals surface area contributed by atoms with Crippen molar-refractivity contribution in [1.82, 2.24) is 10.3 Å². The average molecular weight is 229 g/mol. The molecule has 0 aliphatic carbocycles. The van der Waals surface area contributed by atoms with Gasteiger partial charge in [0.05, 0.1) is 18.2 Å². The number of aliphatic hydroxyl groups excluding tert-OH is 1. The summed E-state index contributed by atoms with van der Waals surface area (Å²) in [6.07, 6.45) is 2.18. The lowest BCUT2D eigenvalue weighted by Gasteiger charge is -2.14. The third kappa shape index (κ3) is 3.18. The number of carbonyl (C=O) groups excluding carboxylic acids is 1. The van der Waals surface area contributed by atoms with Crippen LogP contribution in [0.4, 0.5) is 0 Å². The zero-order chi connectivity index (χ0) is 11.3. The summed E-state index contributed by atoms with van der Waals surface area (Å²) in [5, 5.41) is 11.8. The van der Waals surface area contributed by atoms with Gasteiger partial charge in [0, 0.05) is 6.20 Å². The smallest absolute Gasteiger partial charge is 0.254 e. The molecule has 4 nitrogen and oxygen atoms in total. The van der Waals surface area contributed by atoms with Gasteiger partial charge in [0.1, 0.15) is 5.15 Å². The molecular formula is C10H13ClN2O2. The molecule has 0 fully saturated rings. The summed E-state index contributed by atoms with van der Waals surface area (Å²) in [4.78, 5) is 15.4. The Hall–Kier alpha value is -1.13. The fraction of sp³-hybridized carbons (Fsp3) is 0.400. The maximum Gasteiger partial charge on any atom is 0.254 e. The van der Waals surface area contributed by atoms with Crippen molar-refractivity contribution in [1.29, 1.82) is 0 Å². The van der Waals surface area contributed by atoms with Crippen LogP contribution in [0.3, 0.4) is 0 Å². The van der Waals surface area contributed by atoms with Gasteiger partial charge in [-0.2, -0.15) is 0 Å². The van der Waals surface area contributed by atoms with Gasteiger partial charge in [-0.25, -0.2) is 4.98 Å². The first-order valence-corrected chi connectivity index (χ1v) is 5.09. The number of hydrogen-bond donors (Lipinski definition) is 2. The Morgan fingerprint density at radius 1 is 1.73 bits per heavy atom. The van der Waals surface area contributed by atoms with Crippen LogP contribution >= 0.6 is 11.6 Å². The molecule has 0 saturated heterocycles. The minimum atomic E-state index is -0.311. The van der Waals surface area contributed by atoms with Crippen molar-refractivity contribution in [3.05, 3.63) is 29.0 Å². The second-order valence-corrected chi connectivity index (χ2v) is 3.46. The van der Waals surface area contributed by atoms with Crippen molar-refractivity contribution in [2.45, 2.75) is 19.4 Å². The van der Waals surface area contributed by atoms with Gasteiger partial charge in [-0.1, -0.05) is 18.5 Å². The zero-order valence-corrected chi connectivity index (χ0v) is 9.16. The van der Waals surface area contributed by atoms with Gasteiger partial charge in [-0.15, -0.1) is 0 Å². The summed E-state index contributed by atoms with van der Waals surface area (Å²) >= 11 is 5.75. The van der Waals surface area contributed by atoms with Crippen LogP contribution < -0.4 is 5.32 Å². The zero-order valence-electron chi connectivity index (χ0n) is 8.40. The van der Waals surface area contributed by atoms with E-state index in [0.29, 0.717) is 12.0 Å². The molecule has 0 radical (unpaired) electrons. The SMILES string of the molecule is CC[C@@H](CO)NC(=O)c1cccnc1Cl. The van der Waals surface area contributed by atoms with Gasteiger partial charge in [0.15, 0.2) is 0 Å². The molecule has 0 bridgehead atoms. The standard InChI is InChI=1S/C10H13ClN2O2/c1-2-7(6-14)13-10(15)8-4-3-5-12-9(8)11/h3-5,7,14H,2,6H2,1H3,(H,13,15)/t7-/m0/s1. The summed E-state index contributed by atoms with van der Waals surface area (Å²) in [6.45, 7) is 1.80. The number of aromatic nitrogens is 1. The highest BCUT2D eigenvalue weighted by Crippen LogP contribution is 2.11. The fourth-order valence-corrected chi connectivity index (χ4v) is 1.30. The van der Waals surface area contributed by atoms with Gasteiger partial charge < -0.3 is 10.4 Å². The molecule has 15 heavy (non-hydrogen) atoms. The molecule has 1 rings (SSSR count). The number of amides is 1. The first-order chi connectivity index (χ1) is 7.19. The van der Waals surface area contributed by atoms with E-state index in [1.54, 1.807) is 12.1 Å². The summed E-state index contributed by atoms with van der Waals surface area (Å²) in [5.41, 5.74) is 0.325. The Morgan fingerprint density at radius 3 is 3.00 bits per heavy atom. The van der Waals surface area contributed by atoms with E-state index < -0.39 is 0 Å². The molecule has 2 N–H and O–H groups in total. The first-order valence-electron chi connectivity index (χ1n) is 4.71. The van der Waals surface area contributed by atoms with Crippen molar-refractivity contribution >= 4 is 17.5 Å². The molecule has 1 aromatic heterocycles. The van der Waals surface area contributed by atoms with Crippen molar-refractivity contribution < 1.29 is 9.90 Å². The monoisotopic (exact) mass is 228 g/mol. The van der Waals surface area contributed by atoms with E-state index >= 15 is 0 Å². The van der Waals surface area contributed by atoms with E-state index in [2.05, 4.69) is 10.3 Å². The van der Waals surface area contributed by atoms with Crippen LogP contribution in [0.5, 0.6) is 0 Å². The highest BCUT2D eigenvalue weighted by molar-refractivity contribution is 6.32. The van der Waals surface area contributed by atoms with Crippen LogP contribution in [0.1, 0.15) is 23.7 Å². The third-order valence-electron chi connectivity index (χ3n) is 2.05. The van der Waals surface area contributed by atoms with Gasteiger partial charge in [0.2, 0.25) is 0 Å². The molecule has 0 unspecified atom stereocenters. The number of carbonyl (C=O) groups is 1. The van der Waals surface area contributed by atoms with Crippen LogP contribution in [0.15, 0.2) is 18.3 Å². The summed E-state index contributed by atoms with van der Waals surface area (Å²) in [5.74, 6) is -0.311. The van der Waals surface area contributed by atoms with Crippen LogP contribution in [0.25, 0.3) is 0 Å². The van der Waals surface area contributed by atoms with Crippen molar-refractivity contribution in [3.63, 3.8) is 0 Å². The molecule has 5 heteroatoms. The Morgan fingerprint density at radius 2 is 2.47 bits per heavy atom. The van der Waals surface area contributed by atoms with E-state index in [-0.39, 0.29) is 23.7 Å². The van der Waals surface area contributed by atoms with Gasteiger partial charge in [-0.05, 0) is 18.6 Å². The minimum absolute atomic E-state index is 0.0832. The van der Waals surface area contributed by atoms with E-state index in [1.807, 2.05) is 6.92 Å². The molecular weight excluding hydrogens is 216 g/mol. The maximum atomic E-state index is 11.6. The number of halogens is 1. The van der Waals surface area contributed by atoms with Crippen LogP contribution in [0, 0.1) is 0 Å². The molecule has 1 heterocycles. The normalized spacial score (nSPS) is 12.2. The molecule has 0 aliphatic heterocycles. The predicted octanol–water partition coefficient (Wildman–Crippen LogP) is 1.24. The third-order valence-corrected chi connectivity index (χ3v) is 2.35. The Bertz CT molecular complexity index is 340. The summed E-state index contributed by atoms with van der Waals surface area (Å²) < 4.78 is 0. The molecule has 0 spiro atoms. The average Bonchev–Trinajstić information content (AvgIpc) is 2.26. The van der Waals surface area contributed by atoms with Crippen molar-refractivity contribution in [3.8, 4) is 0 Å². The highest BCUT2D eigenvalue weighted by atomic mass is 35.5. The van der Waals surface area contributed by atoms with E-state index in [0.717, 1.165) is 0 Å². The molecule has 0 aromatic carbocycles. The number of hydrogen-bond acceptors (Lipinski definition) is 3. The molecule has 1 amide bonds. The number of pyridine rings is 1. The number of rotatable bonds is 4. The number of nitrogens with zero attached hydrogens (tertiary/aromatic N) is 1. The van der Waals surface area contributed by atoms with Gasteiger partial charge in [0.25, 0.3) is 5.91 Å². The molecule has 1 atom stereocenters. The lowest BCUT2D eigenvalue weighted by molar-refractivity contribution is 0.0915. The van der Waals surface area contributed by atoms with Crippen LogP contribution in [-0.4, -0.2) is 28.6 Å². The molecule has 82 valence electrons. The summed E-state index contributed by atoms with van der Waals surface area (Å²) in [6, 6.07) is 2.99. The number of aliphatic hydroxyl groups is 1. The first kappa shape index (κ1) is 11.9. The molecule has 0 saturated carbocycles. The summed E-state index contributed by atoms with van der Waals surface area (Å²) in [7, 11) is 0. The quantitative estimate of drug-likeness (QED) is 0.763. The van der Waals surface area contributed by atoms with Crippen molar-refractivity contribution in [2.24, 2.45) is 0 Å². The van der Waals surface area contributed by atoms with Gasteiger partial charge >= 0.3 is 0 Å². The second-order valence-electron chi connectivity index (χ2n) is 3.10. The van der Waals surface area contributed by atoms with Crippen LogP contribution in [0.2, 0.25) is 5.15 Å². The second kappa shape index (κ2) is 5.68. The molecule has 1 aromatic rings. The topological polar surface area (TPSA) is 62.2 Å². The highest BCUT2D eigenvalue weighted by Gasteiger charge is 2.14. The Labute approximate surface area is 93.3 Å². The van der Waals surface area contributed by atoms with E-state index in [9.17, 15) is 4.79 Å². The minimum Gasteiger partial charge on any atom is -0.394 e. The Kier molecular flexibility index (Phi) is 4.52. The van der Waals surface area contributed by atoms with Crippen molar-refractivity contribution in [2.75, 3.05) is 6.61 Å². The Balaban J connectivity index is 2.73. The molecule has 0 aliphatic rings.